The van der Waals surface area contributed by atoms with Crippen molar-refractivity contribution in [2.24, 2.45) is 5.10 Å². The van der Waals surface area contributed by atoms with Crippen molar-refractivity contribution in [3.05, 3.63) is 71.0 Å². The van der Waals surface area contributed by atoms with E-state index in [-0.39, 0.29) is 11.7 Å². The van der Waals surface area contributed by atoms with Crippen molar-refractivity contribution in [2.45, 2.75) is 26.2 Å². The number of nitrogens with zero attached hydrogens (tertiary/aromatic N) is 3. The maximum absolute atomic E-state index is 12.7. The molecule has 0 unspecified atom stereocenters. The number of nitrogens with one attached hydrogen (secondary N) is 1. The average molecular weight is 390 g/mol. The van der Waals surface area contributed by atoms with Crippen molar-refractivity contribution in [1.29, 1.82) is 0 Å². The minimum atomic E-state index is -0.366. The Balaban J connectivity index is 1.54. The largest absolute Gasteiger partial charge is 0.504 e. The lowest BCUT2D eigenvalue weighted by atomic mass is 10.2. The quantitative estimate of drug-likeness (QED) is 0.500. The molecule has 2 aromatic carbocycles. The Morgan fingerprint density at radius 1 is 1.24 bits per heavy atom. The van der Waals surface area contributed by atoms with Gasteiger partial charge in [-0.15, -0.1) is 0 Å². The molecule has 7 heteroatoms. The van der Waals surface area contributed by atoms with E-state index >= 15 is 0 Å². The number of benzene rings is 2. The van der Waals surface area contributed by atoms with Crippen molar-refractivity contribution < 1.29 is 14.6 Å². The molecular formula is C22H22N4O3. The van der Waals surface area contributed by atoms with Gasteiger partial charge in [-0.1, -0.05) is 24.3 Å². The number of amides is 1. The predicted molar refractivity (Wildman–Crippen MR) is 110 cm³/mol. The number of aromatic nitrogens is 2. The molecule has 0 bridgehead atoms. The second-order valence-electron chi connectivity index (χ2n) is 6.70. The standard InChI is InChI=1S/C22H22N4O3/c1-2-29-19-13-6-8-15(21(19)27)14-23-24-22(28)20-17-11-7-12-18(17)26(25-20)16-9-4-3-5-10-16/h3-6,8-10,13-14,27H,2,7,11-12H2,1H3,(H,24,28)/b23-14+. The van der Waals surface area contributed by atoms with Crippen LogP contribution < -0.4 is 10.2 Å². The monoisotopic (exact) mass is 390 g/mol. The third-order valence-electron chi connectivity index (χ3n) is 4.85. The minimum Gasteiger partial charge on any atom is -0.504 e. The normalized spacial score (nSPS) is 12.9. The Labute approximate surface area is 168 Å². The summed E-state index contributed by atoms with van der Waals surface area (Å²) in [4.78, 5) is 12.7. The van der Waals surface area contributed by atoms with Crippen LogP contribution in [0.3, 0.4) is 0 Å². The van der Waals surface area contributed by atoms with Crippen LogP contribution in [0.4, 0.5) is 0 Å². The second kappa shape index (κ2) is 8.18. The summed E-state index contributed by atoms with van der Waals surface area (Å²) >= 11 is 0. The number of phenolic OH excluding ortho intramolecular Hbond substituents is 1. The number of fused-ring (bicyclic) bond motifs is 1. The highest BCUT2D eigenvalue weighted by molar-refractivity contribution is 5.95. The fraction of sp³-hybridized carbons (Fsp3) is 0.227. The lowest BCUT2D eigenvalue weighted by Gasteiger charge is -2.07. The Morgan fingerprint density at radius 3 is 2.86 bits per heavy atom. The van der Waals surface area contributed by atoms with Crippen LogP contribution in [0.25, 0.3) is 5.69 Å². The van der Waals surface area contributed by atoms with Crippen LogP contribution in [-0.4, -0.2) is 33.6 Å². The number of aromatic hydroxyl groups is 1. The molecule has 1 aliphatic carbocycles. The maximum atomic E-state index is 12.7. The SMILES string of the molecule is CCOc1cccc(/C=N/NC(=O)c2nn(-c3ccccc3)c3c2CCC3)c1O. The van der Waals surface area contributed by atoms with Gasteiger partial charge < -0.3 is 9.84 Å². The lowest BCUT2D eigenvalue weighted by molar-refractivity contribution is 0.0949. The van der Waals surface area contributed by atoms with Gasteiger partial charge in [-0.05, 0) is 50.5 Å². The van der Waals surface area contributed by atoms with E-state index in [0.29, 0.717) is 23.6 Å². The highest BCUT2D eigenvalue weighted by atomic mass is 16.5. The number of carbonyl (C=O) groups is 1. The summed E-state index contributed by atoms with van der Waals surface area (Å²) in [6, 6.07) is 14.9. The predicted octanol–water partition coefficient (Wildman–Crippen LogP) is 3.23. The Morgan fingerprint density at radius 2 is 2.07 bits per heavy atom. The van der Waals surface area contributed by atoms with Crippen molar-refractivity contribution in [1.82, 2.24) is 15.2 Å². The fourth-order valence-corrected chi connectivity index (χ4v) is 3.53. The van der Waals surface area contributed by atoms with E-state index < -0.39 is 0 Å². The second-order valence-corrected chi connectivity index (χ2v) is 6.70. The summed E-state index contributed by atoms with van der Waals surface area (Å²) in [6.45, 7) is 2.29. The number of hydrogen-bond acceptors (Lipinski definition) is 5. The zero-order valence-corrected chi connectivity index (χ0v) is 16.1. The van der Waals surface area contributed by atoms with Gasteiger partial charge in [0.15, 0.2) is 17.2 Å². The fourth-order valence-electron chi connectivity index (χ4n) is 3.53. The first-order chi connectivity index (χ1) is 14.2. The van der Waals surface area contributed by atoms with Gasteiger partial charge in [-0.25, -0.2) is 10.1 Å². The first kappa shape index (κ1) is 18.7. The maximum Gasteiger partial charge on any atom is 0.292 e. The molecule has 3 aromatic rings. The Hall–Kier alpha value is -3.61. The molecule has 4 rings (SSSR count). The van der Waals surface area contributed by atoms with Gasteiger partial charge in [0.25, 0.3) is 5.91 Å². The zero-order valence-electron chi connectivity index (χ0n) is 16.1. The first-order valence-electron chi connectivity index (χ1n) is 9.63. The molecule has 1 aliphatic rings. The number of carbonyl (C=O) groups excluding carboxylic acids is 1. The van der Waals surface area contributed by atoms with Crippen LogP contribution in [0.2, 0.25) is 0 Å². The zero-order chi connectivity index (χ0) is 20.2. The molecule has 1 heterocycles. The van der Waals surface area contributed by atoms with Crippen molar-refractivity contribution >= 4 is 12.1 Å². The summed E-state index contributed by atoms with van der Waals surface area (Å²) in [5.41, 5.74) is 6.36. The number of rotatable bonds is 6. The number of phenols is 1. The minimum absolute atomic E-state index is 0.0124. The molecule has 148 valence electrons. The molecule has 0 spiro atoms. The highest BCUT2D eigenvalue weighted by Crippen LogP contribution is 2.29. The van der Waals surface area contributed by atoms with Crippen LogP contribution >= 0.6 is 0 Å². The molecule has 7 nitrogen and oxygen atoms in total. The summed E-state index contributed by atoms with van der Waals surface area (Å²) in [7, 11) is 0. The van der Waals surface area contributed by atoms with Crippen molar-refractivity contribution in [3.8, 4) is 17.2 Å². The molecule has 1 amide bonds. The van der Waals surface area contributed by atoms with Gasteiger partial charge in [0.1, 0.15) is 0 Å². The van der Waals surface area contributed by atoms with Gasteiger partial charge >= 0.3 is 0 Å². The molecule has 2 N–H and O–H groups in total. The first-order valence-corrected chi connectivity index (χ1v) is 9.63. The number of para-hydroxylation sites is 2. The van der Waals surface area contributed by atoms with Gasteiger partial charge in [-0.3, -0.25) is 4.79 Å². The van der Waals surface area contributed by atoms with E-state index in [1.165, 1.54) is 6.21 Å². The molecular weight excluding hydrogens is 368 g/mol. The molecule has 0 fully saturated rings. The van der Waals surface area contributed by atoms with Gasteiger partial charge in [0.2, 0.25) is 0 Å². The van der Waals surface area contributed by atoms with E-state index in [0.717, 1.165) is 36.2 Å². The molecule has 1 aromatic heterocycles. The number of ether oxygens (including phenoxy) is 1. The van der Waals surface area contributed by atoms with Crippen LogP contribution in [-0.2, 0) is 12.8 Å². The van der Waals surface area contributed by atoms with E-state index in [1.807, 2.05) is 41.9 Å². The molecule has 0 saturated carbocycles. The van der Waals surface area contributed by atoms with Gasteiger partial charge in [0.05, 0.1) is 18.5 Å². The summed E-state index contributed by atoms with van der Waals surface area (Å²) in [5.74, 6) is -0.00155. The van der Waals surface area contributed by atoms with E-state index in [9.17, 15) is 9.90 Å². The molecule has 0 saturated heterocycles. The Bertz CT molecular complexity index is 1060. The summed E-state index contributed by atoms with van der Waals surface area (Å²) < 4.78 is 7.20. The lowest BCUT2D eigenvalue weighted by Crippen LogP contribution is -2.20. The third kappa shape index (κ3) is 3.71. The molecule has 0 aliphatic heterocycles. The van der Waals surface area contributed by atoms with Crippen molar-refractivity contribution in [2.75, 3.05) is 6.61 Å². The van der Waals surface area contributed by atoms with Crippen LogP contribution in [0.1, 0.15) is 40.7 Å². The van der Waals surface area contributed by atoms with Crippen LogP contribution in [0.5, 0.6) is 11.5 Å². The molecule has 0 radical (unpaired) electrons. The van der Waals surface area contributed by atoms with Gasteiger partial charge in [0, 0.05) is 16.8 Å². The van der Waals surface area contributed by atoms with Crippen molar-refractivity contribution in [3.63, 3.8) is 0 Å². The van der Waals surface area contributed by atoms with Gasteiger partial charge in [-0.2, -0.15) is 10.2 Å². The highest BCUT2D eigenvalue weighted by Gasteiger charge is 2.26. The number of hydrazone groups is 1. The van der Waals surface area contributed by atoms with E-state index in [4.69, 9.17) is 4.74 Å². The van der Waals surface area contributed by atoms with E-state index in [1.54, 1.807) is 18.2 Å². The summed E-state index contributed by atoms with van der Waals surface area (Å²) in [5, 5.41) is 18.8. The smallest absolute Gasteiger partial charge is 0.292 e. The Kier molecular flexibility index (Phi) is 5.29. The van der Waals surface area contributed by atoms with E-state index in [2.05, 4.69) is 15.6 Å². The summed E-state index contributed by atoms with van der Waals surface area (Å²) in [6.07, 6.45) is 4.11. The average Bonchev–Trinajstić information content (AvgIpc) is 3.34. The number of hydrogen-bond donors (Lipinski definition) is 2. The van der Waals surface area contributed by atoms with Crippen LogP contribution in [0, 0.1) is 0 Å². The van der Waals surface area contributed by atoms with Crippen LogP contribution in [0.15, 0.2) is 53.6 Å². The topological polar surface area (TPSA) is 88.7 Å². The third-order valence-corrected chi connectivity index (χ3v) is 4.85. The molecule has 29 heavy (non-hydrogen) atoms. The molecule has 0 atom stereocenters.